The first-order chi connectivity index (χ1) is 12.5. The van der Waals surface area contributed by atoms with Gasteiger partial charge >= 0.3 is 0 Å². The van der Waals surface area contributed by atoms with Gasteiger partial charge in [-0.25, -0.2) is 4.98 Å². The lowest BCUT2D eigenvalue weighted by Gasteiger charge is -2.39. The highest BCUT2D eigenvalue weighted by Crippen LogP contribution is 2.23. The van der Waals surface area contributed by atoms with E-state index in [4.69, 9.17) is 5.73 Å². The van der Waals surface area contributed by atoms with Crippen molar-refractivity contribution < 1.29 is 9.59 Å². The lowest BCUT2D eigenvalue weighted by molar-refractivity contribution is -0.138. The Morgan fingerprint density at radius 3 is 2.73 bits per heavy atom. The first-order valence-electron chi connectivity index (χ1n) is 8.89. The Kier molecular flexibility index (Phi) is 5.21. The first-order valence-corrected chi connectivity index (χ1v) is 8.89. The summed E-state index contributed by atoms with van der Waals surface area (Å²) in [5.41, 5.74) is 8.02. The van der Waals surface area contributed by atoms with E-state index >= 15 is 0 Å². The molecule has 1 aliphatic rings. The van der Waals surface area contributed by atoms with E-state index in [2.05, 4.69) is 4.98 Å². The van der Waals surface area contributed by atoms with Crippen molar-refractivity contribution in [3.63, 3.8) is 0 Å². The average molecular weight is 352 g/mol. The molecule has 26 heavy (non-hydrogen) atoms. The van der Waals surface area contributed by atoms with Crippen LogP contribution in [0.15, 0.2) is 42.6 Å². The summed E-state index contributed by atoms with van der Waals surface area (Å²) >= 11 is 0. The van der Waals surface area contributed by atoms with E-state index in [1.54, 1.807) is 35.2 Å². The Morgan fingerprint density at radius 2 is 2.04 bits per heavy atom. The second kappa shape index (κ2) is 7.56. The quantitative estimate of drug-likeness (QED) is 0.916. The molecule has 6 nitrogen and oxygen atoms in total. The number of carbonyl (C=O) groups excluding carboxylic acids is 2. The maximum atomic E-state index is 13.1. The third-order valence-corrected chi connectivity index (χ3v) is 4.77. The highest BCUT2D eigenvalue weighted by atomic mass is 16.2. The topological polar surface area (TPSA) is 79.5 Å². The molecule has 0 aliphatic carbocycles. The van der Waals surface area contributed by atoms with Gasteiger partial charge in [0.2, 0.25) is 5.91 Å². The molecule has 136 valence electrons. The van der Waals surface area contributed by atoms with Gasteiger partial charge < -0.3 is 15.5 Å². The summed E-state index contributed by atoms with van der Waals surface area (Å²) in [6, 6.07) is 10.7. The molecule has 1 unspecified atom stereocenters. The molecule has 1 aromatic carbocycles. The van der Waals surface area contributed by atoms with Crippen molar-refractivity contribution in [3.8, 4) is 11.1 Å². The number of nitrogens with zero attached hydrogens (tertiary/aromatic N) is 3. The number of anilines is 1. The number of hydrogen-bond donors (Lipinski definition) is 1. The summed E-state index contributed by atoms with van der Waals surface area (Å²) in [5, 5.41) is 0. The van der Waals surface area contributed by atoms with Gasteiger partial charge in [0, 0.05) is 37.5 Å². The number of benzene rings is 1. The molecule has 0 radical (unpaired) electrons. The molecule has 0 saturated carbocycles. The van der Waals surface area contributed by atoms with Crippen LogP contribution in [0.25, 0.3) is 11.1 Å². The highest BCUT2D eigenvalue weighted by Gasteiger charge is 2.35. The minimum Gasteiger partial charge on any atom is -0.384 e. The number of nitrogen functional groups attached to an aromatic ring is 1. The molecule has 3 rings (SSSR count). The number of nitrogens with two attached hydrogens (primary N) is 1. The van der Waals surface area contributed by atoms with E-state index in [1.165, 1.54) is 0 Å². The highest BCUT2D eigenvalue weighted by molar-refractivity contribution is 5.99. The van der Waals surface area contributed by atoms with Crippen molar-refractivity contribution >= 4 is 17.6 Å². The van der Waals surface area contributed by atoms with Gasteiger partial charge in [0.05, 0.1) is 0 Å². The summed E-state index contributed by atoms with van der Waals surface area (Å²) in [5.74, 6) is 0.375. The van der Waals surface area contributed by atoms with Gasteiger partial charge in [-0.3, -0.25) is 9.59 Å². The van der Waals surface area contributed by atoms with Crippen LogP contribution in [0, 0.1) is 0 Å². The average Bonchev–Trinajstić information content (AvgIpc) is 2.66. The normalized spacial score (nSPS) is 17.5. The van der Waals surface area contributed by atoms with Gasteiger partial charge in [-0.1, -0.05) is 25.5 Å². The van der Waals surface area contributed by atoms with E-state index < -0.39 is 0 Å². The van der Waals surface area contributed by atoms with Crippen LogP contribution in [0.3, 0.4) is 0 Å². The minimum absolute atomic E-state index is 0.0188. The molecular formula is C20H24N4O2. The number of amides is 2. The zero-order valence-corrected chi connectivity index (χ0v) is 15.2. The standard InChI is InChI=1S/C20H24N4O2/c1-3-5-17-20(26)23(2)10-11-24(17)19(25)15-7-4-6-14(12-15)16-8-9-18(21)22-13-16/h4,6-9,12-13,17H,3,5,10-11H2,1-2H3,(H2,21,22). The number of carbonyl (C=O) groups is 2. The molecule has 1 fully saturated rings. The van der Waals surface area contributed by atoms with Crippen LogP contribution in [-0.2, 0) is 4.79 Å². The Balaban J connectivity index is 1.88. The van der Waals surface area contributed by atoms with Crippen molar-refractivity contribution in [2.24, 2.45) is 0 Å². The molecule has 2 amide bonds. The van der Waals surface area contributed by atoms with Crippen LogP contribution in [0.2, 0.25) is 0 Å². The number of piperazine rings is 1. The molecule has 1 aliphatic heterocycles. The number of likely N-dealkylation sites (N-methyl/N-ethyl adjacent to an activating group) is 1. The predicted molar refractivity (Wildman–Crippen MR) is 101 cm³/mol. The monoisotopic (exact) mass is 352 g/mol. The van der Waals surface area contributed by atoms with Crippen LogP contribution in [0.1, 0.15) is 30.1 Å². The number of hydrogen-bond acceptors (Lipinski definition) is 4. The Bertz CT molecular complexity index is 804. The molecule has 2 aromatic rings. The van der Waals surface area contributed by atoms with Crippen molar-refractivity contribution in [1.29, 1.82) is 0 Å². The molecule has 2 heterocycles. The summed E-state index contributed by atoms with van der Waals surface area (Å²) in [7, 11) is 1.79. The van der Waals surface area contributed by atoms with Crippen LogP contribution in [0.5, 0.6) is 0 Å². The second-order valence-corrected chi connectivity index (χ2v) is 6.62. The third-order valence-electron chi connectivity index (χ3n) is 4.77. The zero-order valence-electron chi connectivity index (χ0n) is 15.2. The van der Waals surface area contributed by atoms with Gasteiger partial charge in [-0.15, -0.1) is 0 Å². The van der Waals surface area contributed by atoms with E-state index in [1.807, 2.05) is 31.2 Å². The molecule has 0 bridgehead atoms. The van der Waals surface area contributed by atoms with E-state index in [-0.39, 0.29) is 17.9 Å². The van der Waals surface area contributed by atoms with Gasteiger partial charge in [-0.05, 0) is 36.2 Å². The summed E-state index contributed by atoms with van der Waals surface area (Å²) in [6.45, 7) is 3.14. The molecule has 6 heteroatoms. The van der Waals surface area contributed by atoms with Gasteiger partial charge in [0.15, 0.2) is 0 Å². The van der Waals surface area contributed by atoms with Crippen LogP contribution in [-0.4, -0.2) is 52.8 Å². The van der Waals surface area contributed by atoms with E-state index in [0.717, 1.165) is 17.5 Å². The fourth-order valence-electron chi connectivity index (χ4n) is 3.28. The van der Waals surface area contributed by atoms with Crippen LogP contribution < -0.4 is 5.73 Å². The summed E-state index contributed by atoms with van der Waals surface area (Å²) in [4.78, 5) is 33.1. The maximum absolute atomic E-state index is 13.1. The molecule has 2 N–H and O–H groups in total. The van der Waals surface area contributed by atoms with Crippen molar-refractivity contribution in [2.75, 3.05) is 25.9 Å². The maximum Gasteiger partial charge on any atom is 0.254 e. The number of rotatable bonds is 4. The molecule has 0 spiro atoms. The van der Waals surface area contributed by atoms with Crippen molar-refractivity contribution in [2.45, 2.75) is 25.8 Å². The fraction of sp³-hybridized carbons (Fsp3) is 0.350. The smallest absolute Gasteiger partial charge is 0.254 e. The lowest BCUT2D eigenvalue weighted by atomic mass is 10.0. The molecule has 1 aromatic heterocycles. The Hall–Kier alpha value is -2.89. The van der Waals surface area contributed by atoms with E-state index in [0.29, 0.717) is 30.9 Å². The Labute approximate surface area is 153 Å². The molecular weight excluding hydrogens is 328 g/mol. The number of aromatic nitrogens is 1. The first kappa shape index (κ1) is 17.9. The van der Waals surface area contributed by atoms with E-state index in [9.17, 15) is 9.59 Å². The van der Waals surface area contributed by atoms with Crippen molar-refractivity contribution in [3.05, 3.63) is 48.2 Å². The molecule has 1 saturated heterocycles. The predicted octanol–water partition coefficient (Wildman–Crippen LogP) is 2.41. The van der Waals surface area contributed by atoms with Gasteiger partial charge in [-0.2, -0.15) is 0 Å². The third kappa shape index (κ3) is 3.54. The molecule has 1 atom stereocenters. The lowest BCUT2D eigenvalue weighted by Crippen LogP contribution is -2.57. The zero-order chi connectivity index (χ0) is 18.7. The summed E-state index contributed by atoms with van der Waals surface area (Å²) in [6.07, 6.45) is 3.22. The van der Waals surface area contributed by atoms with Gasteiger partial charge in [0.25, 0.3) is 5.91 Å². The second-order valence-electron chi connectivity index (χ2n) is 6.62. The number of pyridine rings is 1. The Morgan fingerprint density at radius 1 is 1.23 bits per heavy atom. The summed E-state index contributed by atoms with van der Waals surface area (Å²) < 4.78 is 0. The fourth-order valence-corrected chi connectivity index (χ4v) is 3.28. The van der Waals surface area contributed by atoms with Crippen molar-refractivity contribution in [1.82, 2.24) is 14.8 Å². The van der Waals surface area contributed by atoms with Gasteiger partial charge in [0.1, 0.15) is 11.9 Å². The van der Waals surface area contributed by atoms with Crippen LogP contribution >= 0.6 is 0 Å². The largest absolute Gasteiger partial charge is 0.384 e. The van der Waals surface area contributed by atoms with Crippen LogP contribution in [0.4, 0.5) is 5.82 Å². The minimum atomic E-state index is -0.381. The SMILES string of the molecule is CCCC1C(=O)N(C)CCN1C(=O)c1cccc(-c2ccc(N)nc2)c1.